The van der Waals surface area contributed by atoms with Gasteiger partial charge in [0.25, 0.3) is 0 Å². The first-order valence-corrected chi connectivity index (χ1v) is 13.3. The molecule has 0 aliphatic carbocycles. The summed E-state index contributed by atoms with van der Waals surface area (Å²) in [7, 11) is 1.60. The fraction of sp³-hybridized carbons (Fsp3) is 0.577. The molecule has 1 aromatic carbocycles. The third kappa shape index (κ3) is 3.93. The molecule has 0 radical (unpaired) electrons. The summed E-state index contributed by atoms with van der Waals surface area (Å²) in [5.41, 5.74) is 2.20. The van der Waals surface area contributed by atoms with E-state index in [1.807, 2.05) is 23.0 Å². The number of hydrogen-bond donors (Lipinski definition) is 0. The first-order chi connectivity index (χ1) is 17.7. The lowest BCUT2D eigenvalue weighted by Gasteiger charge is -2.35. The number of morpholine rings is 1. The van der Waals surface area contributed by atoms with Crippen molar-refractivity contribution in [1.29, 1.82) is 0 Å². The van der Waals surface area contributed by atoms with Gasteiger partial charge in [-0.05, 0) is 62.4 Å². The number of benzene rings is 1. The average Bonchev–Trinajstić information content (AvgIpc) is 3.73. The molecule has 3 atom stereocenters. The predicted molar refractivity (Wildman–Crippen MR) is 136 cm³/mol. The molecule has 0 saturated carbocycles. The summed E-state index contributed by atoms with van der Waals surface area (Å²) in [6.07, 6.45) is 6.52. The zero-order valence-electron chi connectivity index (χ0n) is 20.5. The molecule has 9 nitrogen and oxygen atoms in total. The first kappa shape index (κ1) is 22.7. The highest BCUT2D eigenvalue weighted by Gasteiger charge is 2.40. The molecule has 2 bridgehead atoms. The minimum absolute atomic E-state index is 0.280. The van der Waals surface area contributed by atoms with Crippen LogP contribution in [-0.2, 0) is 9.47 Å². The van der Waals surface area contributed by atoms with Crippen LogP contribution in [0.5, 0.6) is 6.01 Å². The lowest BCUT2D eigenvalue weighted by Crippen LogP contribution is -2.41. The van der Waals surface area contributed by atoms with Gasteiger partial charge in [0, 0.05) is 35.7 Å². The SMILES string of the molecule is COc1nc(N2CC3CC2CO3)cc(-n2ncc3cc(Cl)c(C4CCN(C5CCOC5)CC4)cc32)n1. The van der Waals surface area contributed by atoms with Gasteiger partial charge in [0.05, 0.1) is 44.2 Å². The number of methoxy groups -OCH3 is 1. The molecule has 190 valence electrons. The topological polar surface area (TPSA) is 77.8 Å². The van der Waals surface area contributed by atoms with Gasteiger partial charge < -0.3 is 19.1 Å². The monoisotopic (exact) mass is 510 g/mol. The van der Waals surface area contributed by atoms with Crippen molar-refractivity contribution in [2.24, 2.45) is 0 Å². The van der Waals surface area contributed by atoms with E-state index in [2.05, 4.69) is 25.8 Å². The predicted octanol–water partition coefficient (Wildman–Crippen LogP) is 3.42. The van der Waals surface area contributed by atoms with Crippen molar-refractivity contribution < 1.29 is 14.2 Å². The Balaban J connectivity index is 1.20. The lowest BCUT2D eigenvalue weighted by atomic mass is 9.88. The molecule has 0 N–H and O–H groups in total. The van der Waals surface area contributed by atoms with Gasteiger partial charge in [-0.3, -0.25) is 4.90 Å². The fourth-order valence-corrected chi connectivity index (χ4v) is 6.70. The van der Waals surface area contributed by atoms with E-state index in [1.165, 1.54) is 5.56 Å². The molecular formula is C26H31ClN6O3. The molecule has 6 heterocycles. The molecule has 10 heteroatoms. The van der Waals surface area contributed by atoms with E-state index in [9.17, 15) is 0 Å². The number of piperidine rings is 1. The standard InChI is InChI=1S/C26H31ClN6O3/c1-34-26-29-24(32-13-20-9-19(32)15-36-20)11-25(30-26)33-23-10-21(22(27)8-17(23)12-28-33)16-2-5-31(6-3-16)18-4-7-35-14-18/h8,10-12,16,18-20H,2-7,9,13-15H2,1H3. The maximum Gasteiger partial charge on any atom is 0.320 e. The van der Waals surface area contributed by atoms with Gasteiger partial charge in [0.2, 0.25) is 0 Å². The van der Waals surface area contributed by atoms with Crippen molar-refractivity contribution in [2.45, 2.75) is 49.8 Å². The van der Waals surface area contributed by atoms with Crippen LogP contribution >= 0.6 is 11.6 Å². The highest BCUT2D eigenvalue weighted by atomic mass is 35.5. The third-order valence-electron chi connectivity index (χ3n) is 8.35. The number of fused-ring (bicyclic) bond motifs is 3. The number of aromatic nitrogens is 4. The molecule has 3 aromatic rings. The van der Waals surface area contributed by atoms with Crippen molar-refractivity contribution in [2.75, 3.05) is 51.5 Å². The highest BCUT2D eigenvalue weighted by Crippen LogP contribution is 2.37. The van der Waals surface area contributed by atoms with Crippen LogP contribution in [0.25, 0.3) is 16.7 Å². The second-order valence-corrected chi connectivity index (χ2v) is 10.8. The highest BCUT2D eigenvalue weighted by molar-refractivity contribution is 6.32. The van der Waals surface area contributed by atoms with Crippen LogP contribution in [-0.4, -0.2) is 89.4 Å². The molecule has 2 aromatic heterocycles. The summed E-state index contributed by atoms with van der Waals surface area (Å²) in [5.74, 6) is 1.98. The molecule has 0 spiro atoms. The molecule has 4 saturated heterocycles. The lowest BCUT2D eigenvalue weighted by molar-refractivity contribution is 0.0988. The molecule has 4 aliphatic heterocycles. The van der Waals surface area contributed by atoms with Crippen LogP contribution in [0.1, 0.15) is 37.2 Å². The van der Waals surface area contributed by atoms with Crippen LogP contribution in [0.15, 0.2) is 24.4 Å². The molecule has 4 fully saturated rings. The Morgan fingerprint density at radius 1 is 1.03 bits per heavy atom. The molecule has 7 rings (SSSR count). The van der Waals surface area contributed by atoms with Gasteiger partial charge in [-0.2, -0.15) is 15.1 Å². The van der Waals surface area contributed by atoms with E-state index in [4.69, 9.17) is 30.9 Å². The summed E-state index contributed by atoms with van der Waals surface area (Å²) >= 11 is 6.82. The Kier molecular flexibility index (Phi) is 5.76. The van der Waals surface area contributed by atoms with Crippen LogP contribution in [0.3, 0.4) is 0 Å². The zero-order valence-corrected chi connectivity index (χ0v) is 21.2. The summed E-state index contributed by atoms with van der Waals surface area (Å²) in [4.78, 5) is 14.2. The van der Waals surface area contributed by atoms with E-state index in [-0.39, 0.29) is 6.10 Å². The Bertz CT molecular complexity index is 1270. The van der Waals surface area contributed by atoms with E-state index in [0.29, 0.717) is 29.8 Å². The Morgan fingerprint density at radius 2 is 1.89 bits per heavy atom. The Hall–Kier alpha value is -2.46. The second kappa shape index (κ2) is 9.13. The van der Waals surface area contributed by atoms with Crippen molar-refractivity contribution in [3.8, 4) is 11.8 Å². The molecule has 0 amide bonds. The molecular weight excluding hydrogens is 480 g/mol. The van der Waals surface area contributed by atoms with Crippen molar-refractivity contribution in [3.05, 3.63) is 35.0 Å². The van der Waals surface area contributed by atoms with Crippen LogP contribution in [0.4, 0.5) is 5.82 Å². The average molecular weight is 511 g/mol. The summed E-state index contributed by atoms with van der Waals surface area (Å²) in [6, 6.07) is 7.53. The maximum absolute atomic E-state index is 6.82. The van der Waals surface area contributed by atoms with E-state index in [0.717, 1.165) is 86.9 Å². The zero-order chi connectivity index (χ0) is 24.2. The number of ether oxygens (including phenoxy) is 3. The number of hydrogen-bond acceptors (Lipinski definition) is 8. The number of likely N-dealkylation sites (tertiary alicyclic amines) is 1. The van der Waals surface area contributed by atoms with Crippen molar-refractivity contribution >= 4 is 28.3 Å². The first-order valence-electron chi connectivity index (χ1n) is 13.0. The number of rotatable bonds is 5. The normalized spacial score (nSPS) is 26.9. The van der Waals surface area contributed by atoms with Crippen LogP contribution < -0.4 is 9.64 Å². The Labute approximate surface area is 215 Å². The van der Waals surface area contributed by atoms with Gasteiger partial charge >= 0.3 is 6.01 Å². The molecule has 36 heavy (non-hydrogen) atoms. The number of nitrogens with zero attached hydrogens (tertiary/aromatic N) is 6. The smallest absolute Gasteiger partial charge is 0.320 e. The van der Waals surface area contributed by atoms with Crippen molar-refractivity contribution in [3.63, 3.8) is 0 Å². The van der Waals surface area contributed by atoms with Gasteiger partial charge in [-0.1, -0.05) is 11.6 Å². The van der Waals surface area contributed by atoms with Gasteiger partial charge in [-0.25, -0.2) is 4.68 Å². The summed E-state index contributed by atoms with van der Waals surface area (Å²) in [6.45, 7) is 5.51. The Morgan fingerprint density at radius 3 is 2.61 bits per heavy atom. The number of anilines is 1. The largest absolute Gasteiger partial charge is 0.467 e. The summed E-state index contributed by atoms with van der Waals surface area (Å²) in [5, 5.41) is 6.51. The minimum atomic E-state index is 0.280. The van der Waals surface area contributed by atoms with Crippen molar-refractivity contribution in [1.82, 2.24) is 24.6 Å². The molecule has 4 aliphatic rings. The maximum atomic E-state index is 6.82. The van der Waals surface area contributed by atoms with Gasteiger partial charge in [-0.15, -0.1) is 0 Å². The quantitative estimate of drug-likeness (QED) is 0.516. The number of halogens is 1. The van der Waals surface area contributed by atoms with Crippen LogP contribution in [0, 0.1) is 0 Å². The van der Waals surface area contributed by atoms with Gasteiger partial charge in [0.15, 0.2) is 5.82 Å². The third-order valence-corrected chi connectivity index (χ3v) is 8.68. The van der Waals surface area contributed by atoms with E-state index >= 15 is 0 Å². The minimum Gasteiger partial charge on any atom is -0.467 e. The fourth-order valence-electron chi connectivity index (χ4n) is 6.37. The van der Waals surface area contributed by atoms with Gasteiger partial charge in [0.1, 0.15) is 5.82 Å². The van der Waals surface area contributed by atoms with Crippen LogP contribution in [0.2, 0.25) is 5.02 Å². The summed E-state index contributed by atoms with van der Waals surface area (Å²) < 4.78 is 18.8. The molecule has 3 unspecified atom stereocenters. The van der Waals surface area contributed by atoms with E-state index < -0.39 is 0 Å². The van der Waals surface area contributed by atoms with E-state index in [1.54, 1.807) is 7.11 Å². The second-order valence-electron chi connectivity index (χ2n) is 10.4.